The molecule has 168 valence electrons. The Morgan fingerprint density at radius 2 is 2.00 bits per heavy atom. The summed E-state index contributed by atoms with van der Waals surface area (Å²) in [6.07, 6.45) is -3.04. The molecule has 11 heteroatoms. The van der Waals surface area contributed by atoms with Crippen LogP contribution in [0.4, 0.5) is 18.9 Å². The van der Waals surface area contributed by atoms with Gasteiger partial charge in [-0.3, -0.25) is 9.69 Å². The quantitative estimate of drug-likeness (QED) is 0.259. The van der Waals surface area contributed by atoms with E-state index >= 15 is 0 Å². The predicted octanol–water partition coefficient (Wildman–Crippen LogP) is 5.82. The van der Waals surface area contributed by atoms with Crippen molar-refractivity contribution in [1.82, 2.24) is 0 Å². The molecule has 2 aromatic carbocycles. The number of nitrogens with zero attached hydrogens (tertiary/aromatic N) is 1. The lowest BCUT2D eigenvalue weighted by atomic mass is 10.1. The predicted molar refractivity (Wildman–Crippen MR) is 123 cm³/mol. The minimum atomic E-state index is -4.55. The van der Waals surface area contributed by atoms with E-state index in [4.69, 9.17) is 21.7 Å². The molecule has 0 aliphatic carbocycles. The summed E-state index contributed by atoms with van der Waals surface area (Å²) in [6, 6.07) is 9.39. The molecule has 2 aromatic rings. The van der Waals surface area contributed by atoms with Crippen molar-refractivity contribution >= 4 is 67.9 Å². The minimum absolute atomic E-state index is 0.0266. The van der Waals surface area contributed by atoms with Gasteiger partial charge in [0.2, 0.25) is 0 Å². The van der Waals surface area contributed by atoms with Gasteiger partial charge >= 0.3 is 12.1 Å². The maximum atomic E-state index is 13.1. The molecule has 0 saturated carbocycles. The fraction of sp³-hybridized carbons (Fsp3) is 0.190. The van der Waals surface area contributed by atoms with Crippen molar-refractivity contribution < 1.29 is 32.2 Å². The van der Waals surface area contributed by atoms with E-state index in [1.807, 2.05) is 0 Å². The molecule has 1 aliphatic rings. The number of thioether (sulfide) groups is 1. The van der Waals surface area contributed by atoms with Crippen molar-refractivity contribution in [1.29, 1.82) is 0 Å². The molecule has 0 N–H and O–H groups in total. The Kier molecular flexibility index (Phi) is 7.63. The van der Waals surface area contributed by atoms with Gasteiger partial charge in [0.05, 0.1) is 22.8 Å². The van der Waals surface area contributed by atoms with E-state index in [0.29, 0.717) is 15.8 Å². The smallest absolute Gasteiger partial charge is 0.416 e. The van der Waals surface area contributed by atoms with E-state index in [-0.39, 0.29) is 28.1 Å². The number of amides is 1. The summed E-state index contributed by atoms with van der Waals surface area (Å²) in [4.78, 5) is 25.8. The molecule has 0 unspecified atom stereocenters. The number of esters is 1. The number of anilines is 1. The lowest BCUT2D eigenvalue weighted by Crippen LogP contribution is -2.27. The van der Waals surface area contributed by atoms with Crippen LogP contribution in [0.25, 0.3) is 6.08 Å². The van der Waals surface area contributed by atoms with E-state index in [0.717, 1.165) is 28.8 Å². The highest BCUT2D eigenvalue weighted by molar-refractivity contribution is 9.10. The van der Waals surface area contributed by atoms with Crippen LogP contribution >= 0.6 is 39.9 Å². The van der Waals surface area contributed by atoms with Gasteiger partial charge in [-0.2, -0.15) is 13.2 Å². The molecule has 0 atom stereocenters. The first-order valence-electron chi connectivity index (χ1n) is 9.13. The molecule has 32 heavy (non-hydrogen) atoms. The van der Waals surface area contributed by atoms with E-state index in [2.05, 4.69) is 15.9 Å². The standard InChI is InChI=1S/C21H15BrF3NO4S2/c1-2-29-18(27)11-30-16-7-6-14(22)8-12(16)9-17-19(28)26(20(31)32-17)15-5-3-4-13(10-15)21(23,24)25/h3-10H,2,11H2,1H3/b17-9-. The zero-order valence-electron chi connectivity index (χ0n) is 16.4. The van der Waals surface area contributed by atoms with Crippen molar-refractivity contribution in [3.8, 4) is 5.75 Å². The summed E-state index contributed by atoms with van der Waals surface area (Å²) in [6.45, 7) is 1.57. The molecule has 1 saturated heterocycles. The molecule has 0 radical (unpaired) electrons. The summed E-state index contributed by atoms with van der Waals surface area (Å²) in [5.74, 6) is -0.779. The third kappa shape index (κ3) is 5.70. The number of hydrogen-bond acceptors (Lipinski definition) is 6. The Balaban J connectivity index is 1.90. The first kappa shape index (κ1) is 24.3. The van der Waals surface area contributed by atoms with Crippen LogP contribution in [0.1, 0.15) is 18.1 Å². The van der Waals surface area contributed by atoms with Crippen LogP contribution in [0.5, 0.6) is 5.75 Å². The second-order valence-electron chi connectivity index (χ2n) is 6.34. The van der Waals surface area contributed by atoms with Gasteiger partial charge in [0, 0.05) is 10.0 Å². The molecule has 1 heterocycles. The van der Waals surface area contributed by atoms with Crippen LogP contribution in [0.3, 0.4) is 0 Å². The third-order valence-electron chi connectivity index (χ3n) is 4.13. The zero-order valence-corrected chi connectivity index (χ0v) is 19.7. The number of hydrogen-bond donors (Lipinski definition) is 0. The monoisotopic (exact) mass is 545 g/mol. The molecule has 1 aliphatic heterocycles. The number of carbonyl (C=O) groups excluding carboxylic acids is 2. The van der Waals surface area contributed by atoms with Gasteiger partial charge < -0.3 is 9.47 Å². The van der Waals surface area contributed by atoms with E-state index < -0.39 is 23.6 Å². The molecule has 5 nitrogen and oxygen atoms in total. The number of benzene rings is 2. The number of ether oxygens (including phenoxy) is 2. The van der Waals surface area contributed by atoms with Gasteiger partial charge in [0.1, 0.15) is 5.75 Å². The maximum Gasteiger partial charge on any atom is 0.416 e. The van der Waals surface area contributed by atoms with Crippen LogP contribution in [-0.2, 0) is 20.5 Å². The maximum absolute atomic E-state index is 13.1. The molecular formula is C21H15BrF3NO4S2. The van der Waals surface area contributed by atoms with Crippen molar-refractivity contribution in [2.24, 2.45) is 0 Å². The summed E-state index contributed by atoms with van der Waals surface area (Å²) < 4.78 is 50.4. The van der Waals surface area contributed by atoms with Crippen LogP contribution in [0.2, 0.25) is 0 Å². The number of rotatable bonds is 6. The summed E-state index contributed by atoms with van der Waals surface area (Å²) in [7, 11) is 0. The average molecular weight is 546 g/mol. The number of halogens is 4. The zero-order chi connectivity index (χ0) is 23.5. The number of thiocarbonyl (C=S) groups is 1. The minimum Gasteiger partial charge on any atom is -0.481 e. The first-order valence-corrected chi connectivity index (χ1v) is 11.1. The Labute approximate surface area is 199 Å². The SMILES string of the molecule is CCOC(=O)COc1ccc(Br)cc1/C=C1\SC(=S)N(c2cccc(C(F)(F)F)c2)C1=O. The average Bonchev–Trinajstić information content (AvgIpc) is 3.00. The topological polar surface area (TPSA) is 55.8 Å². The molecular weight excluding hydrogens is 531 g/mol. The van der Waals surface area contributed by atoms with Crippen molar-refractivity contribution in [3.05, 3.63) is 63.0 Å². The lowest BCUT2D eigenvalue weighted by molar-refractivity contribution is -0.145. The molecule has 3 rings (SSSR count). The van der Waals surface area contributed by atoms with Crippen LogP contribution in [-0.4, -0.2) is 29.4 Å². The van der Waals surface area contributed by atoms with Gasteiger partial charge in [-0.15, -0.1) is 0 Å². The number of alkyl halides is 3. The lowest BCUT2D eigenvalue weighted by Gasteiger charge is -2.16. The fourth-order valence-corrected chi connectivity index (χ4v) is 4.42. The van der Waals surface area contributed by atoms with E-state index in [9.17, 15) is 22.8 Å². The van der Waals surface area contributed by atoms with Gasteiger partial charge in [0.15, 0.2) is 10.9 Å². The summed E-state index contributed by atoms with van der Waals surface area (Å²) in [5.41, 5.74) is -0.373. The summed E-state index contributed by atoms with van der Waals surface area (Å²) >= 11 is 9.55. The highest BCUT2D eigenvalue weighted by atomic mass is 79.9. The largest absolute Gasteiger partial charge is 0.481 e. The van der Waals surface area contributed by atoms with Crippen molar-refractivity contribution in [3.63, 3.8) is 0 Å². The Morgan fingerprint density at radius 3 is 2.69 bits per heavy atom. The Bertz CT molecular complexity index is 1100. The van der Waals surface area contributed by atoms with Gasteiger partial charge in [-0.25, -0.2) is 4.79 Å². The Morgan fingerprint density at radius 1 is 1.25 bits per heavy atom. The van der Waals surface area contributed by atoms with Gasteiger partial charge in [-0.05, 0) is 49.4 Å². The molecule has 0 bridgehead atoms. The van der Waals surface area contributed by atoms with Crippen LogP contribution < -0.4 is 9.64 Å². The third-order valence-corrected chi connectivity index (χ3v) is 5.93. The van der Waals surface area contributed by atoms with Crippen molar-refractivity contribution in [2.45, 2.75) is 13.1 Å². The fourth-order valence-electron chi connectivity index (χ4n) is 2.76. The highest BCUT2D eigenvalue weighted by Gasteiger charge is 2.36. The molecule has 1 fully saturated rings. The number of carbonyl (C=O) groups is 2. The second-order valence-corrected chi connectivity index (χ2v) is 8.93. The highest BCUT2D eigenvalue weighted by Crippen LogP contribution is 2.39. The molecule has 1 amide bonds. The van der Waals surface area contributed by atoms with E-state index in [1.165, 1.54) is 18.2 Å². The van der Waals surface area contributed by atoms with Gasteiger partial charge in [-0.1, -0.05) is 46.0 Å². The van der Waals surface area contributed by atoms with E-state index in [1.54, 1.807) is 25.1 Å². The second kappa shape index (κ2) is 10.1. The van der Waals surface area contributed by atoms with Crippen LogP contribution in [0, 0.1) is 0 Å². The Hall–Kier alpha value is -2.37. The van der Waals surface area contributed by atoms with Crippen LogP contribution in [0.15, 0.2) is 51.8 Å². The van der Waals surface area contributed by atoms with Gasteiger partial charge in [0.25, 0.3) is 5.91 Å². The first-order chi connectivity index (χ1) is 15.1. The molecule has 0 aromatic heterocycles. The normalized spacial score (nSPS) is 15.4. The molecule has 0 spiro atoms. The van der Waals surface area contributed by atoms with Crippen molar-refractivity contribution in [2.75, 3.05) is 18.1 Å². The summed E-state index contributed by atoms with van der Waals surface area (Å²) in [5, 5.41) is 0.